The number of benzene rings is 3. The molecule has 0 saturated heterocycles. The highest BCUT2D eigenvalue weighted by atomic mass is 16.7. The van der Waals surface area contributed by atoms with Crippen LogP contribution in [0.4, 0.5) is 0 Å². The molecule has 0 bridgehead atoms. The van der Waals surface area contributed by atoms with Crippen LogP contribution in [0.5, 0.6) is 11.5 Å². The molecule has 1 aliphatic carbocycles. The number of carbonyl (C=O) groups excluding carboxylic acids is 2. The normalized spacial score (nSPS) is 15.5. The maximum Gasteiger partial charge on any atom is 0.231 e. The molecule has 4 nitrogen and oxygen atoms in total. The zero-order valence-corrected chi connectivity index (χ0v) is 17.7. The second-order valence-corrected chi connectivity index (χ2v) is 8.48. The fraction of sp³-hybridized carbons (Fsp3) is 0.259. The van der Waals surface area contributed by atoms with Gasteiger partial charge in [-0.2, -0.15) is 0 Å². The predicted molar refractivity (Wildman–Crippen MR) is 121 cm³/mol. The minimum atomic E-state index is -0.419. The van der Waals surface area contributed by atoms with Crippen LogP contribution in [0.1, 0.15) is 48.2 Å². The fourth-order valence-electron chi connectivity index (χ4n) is 4.48. The summed E-state index contributed by atoms with van der Waals surface area (Å²) in [6.07, 6.45) is 2.12. The summed E-state index contributed by atoms with van der Waals surface area (Å²) in [6, 6.07) is 19.6. The maximum atomic E-state index is 13.4. The van der Waals surface area contributed by atoms with Gasteiger partial charge < -0.3 is 9.47 Å². The molecule has 0 atom stereocenters. The third-order valence-electron chi connectivity index (χ3n) is 6.59. The molecule has 3 aromatic carbocycles. The van der Waals surface area contributed by atoms with Gasteiger partial charge in [0.25, 0.3) is 0 Å². The van der Waals surface area contributed by atoms with E-state index in [0.29, 0.717) is 12.0 Å². The highest BCUT2D eigenvalue weighted by molar-refractivity contribution is 5.96. The first-order valence-corrected chi connectivity index (χ1v) is 10.6. The van der Waals surface area contributed by atoms with E-state index in [1.165, 1.54) is 0 Å². The first-order valence-electron chi connectivity index (χ1n) is 10.6. The molecule has 0 radical (unpaired) electrons. The Kier molecular flexibility index (Phi) is 4.66. The van der Waals surface area contributed by atoms with Gasteiger partial charge in [0.15, 0.2) is 17.3 Å². The van der Waals surface area contributed by atoms with Crippen molar-refractivity contribution in [3.63, 3.8) is 0 Å². The molecule has 4 heteroatoms. The Morgan fingerprint density at radius 3 is 2.52 bits per heavy atom. The maximum absolute atomic E-state index is 13.4. The lowest BCUT2D eigenvalue weighted by atomic mass is 9.85. The van der Waals surface area contributed by atoms with Crippen LogP contribution >= 0.6 is 0 Å². The van der Waals surface area contributed by atoms with Crippen LogP contribution in [-0.2, 0) is 16.6 Å². The Hall–Kier alpha value is -3.40. The summed E-state index contributed by atoms with van der Waals surface area (Å²) >= 11 is 0. The first-order chi connectivity index (χ1) is 15.0. The minimum absolute atomic E-state index is 0. The van der Waals surface area contributed by atoms with E-state index in [4.69, 9.17) is 9.47 Å². The zero-order chi connectivity index (χ0) is 21.6. The molecular formula is C27H26O4. The summed E-state index contributed by atoms with van der Waals surface area (Å²) < 4.78 is 10.9. The number of fused-ring (bicyclic) bond motifs is 1. The molecule has 5 rings (SSSR count). The van der Waals surface area contributed by atoms with Crippen molar-refractivity contribution in [3.05, 3.63) is 82.9 Å². The molecule has 1 aliphatic heterocycles. The Bertz CT molecular complexity index is 1210. The van der Waals surface area contributed by atoms with Crippen LogP contribution in [0.25, 0.3) is 11.1 Å². The molecule has 1 fully saturated rings. The van der Waals surface area contributed by atoms with Crippen molar-refractivity contribution in [1.29, 1.82) is 0 Å². The van der Waals surface area contributed by atoms with Gasteiger partial charge in [-0.3, -0.25) is 9.59 Å². The summed E-state index contributed by atoms with van der Waals surface area (Å²) in [5.41, 5.74) is 5.46. The van der Waals surface area contributed by atoms with Crippen molar-refractivity contribution in [1.82, 2.24) is 0 Å². The number of hydrogen-bond acceptors (Lipinski definition) is 4. The van der Waals surface area contributed by atoms with E-state index in [2.05, 4.69) is 6.92 Å². The highest BCUT2D eigenvalue weighted by Gasteiger charge is 2.50. The molecule has 0 aromatic heterocycles. The average molecular weight is 415 g/mol. The van der Waals surface area contributed by atoms with E-state index in [0.717, 1.165) is 52.2 Å². The van der Waals surface area contributed by atoms with Gasteiger partial charge in [0.05, 0.1) is 5.41 Å². The van der Waals surface area contributed by atoms with Crippen LogP contribution < -0.4 is 9.47 Å². The predicted octanol–water partition coefficient (Wildman–Crippen LogP) is 5.68. The highest BCUT2D eigenvalue weighted by Crippen LogP contribution is 2.51. The smallest absolute Gasteiger partial charge is 0.231 e. The minimum Gasteiger partial charge on any atom is -0.454 e. The third kappa shape index (κ3) is 3.42. The Labute approximate surface area is 183 Å². The molecule has 0 N–H and O–H groups in total. The van der Waals surface area contributed by atoms with Crippen molar-refractivity contribution in [2.75, 3.05) is 6.79 Å². The Morgan fingerprint density at radius 2 is 1.74 bits per heavy atom. The molecular weight excluding hydrogens is 388 g/mol. The average Bonchev–Trinajstić information content (AvgIpc) is 3.46. The van der Waals surface area contributed by atoms with Gasteiger partial charge in [0, 0.05) is 13.4 Å². The van der Waals surface area contributed by atoms with Gasteiger partial charge in [0.2, 0.25) is 6.79 Å². The second-order valence-electron chi connectivity index (χ2n) is 8.48. The molecule has 158 valence electrons. The van der Waals surface area contributed by atoms with Crippen LogP contribution in [0, 0.1) is 6.92 Å². The zero-order valence-electron chi connectivity index (χ0n) is 17.7. The van der Waals surface area contributed by atoms with Gasteiger partial charge in [0.1, 0.15) is 5.78 Å². The molecule has 1 saturated carbocycles. The monoisotopic (exact) mass is 414 g/mol. The number of ketones is 2. The first kappa shape index (κ1) is 19.6. The number of carbonyl (C=O) groups is 2. The van der Waals surface area contributed by atoms with Gasteiger partial charge in [-0.1, -0.05) is 42.5 Å². The summed E-state index contributed by atoms with van der Waals surface area (Å²) in [5.74, 6) is 1.75. The van der Waals surface area contributed by atoms with Crippen molar-refractivity contribution >= 4 is 11.6 Å². The molecule has 0 spiro atoms. The summed E-state index contributed by atoms with van der Waals surface area (Å²) in [5, 5.41) is 0. The van der Waals surface area contributed by atoms with Crippen molar-refractivity contribution in [2.45, 2.75) is 38.5 Å². The lowest BCUT2D eigenvalue weighted by molar-refractivity contribution is -0.120. The van der Waals surface area contributed by atoms with Gasteiger partial charge >= 0.3 is 0 Å². The SMILES string of the molecule is CC(=O)c1cccc(-c2cccc(CC(=O)C3(c4ccc5c(c4)OCO5)CC3)c2C)c1.[HH]. The molecule has 3 aromatic rings. The summed E-state index contributed by atoms with van der Waals surface area (Å²) in [6.45, 7) is 3.86. The second kappa shape index (κ2) is 7.38. The van der Waals surface area contributed by atoms with Crippen LogP contribution in [0.2, 0.25) is 0 Å². The largest absolute Gasteiger partial charge is 0.454 e. The van der Waals surface area contributed by atoms with Crippen LogP contribution in [0.15, 0.2) is 60.7 Å². The molecule has 0 unspecified atom stereocenters. The number of ether oxygens (including phenoxy) is 2. The Morgan fingerprint density at radius 1 is 0.968 bits per heavy atom. The summed E-state index contributed by atoms with van der Waals surface area (Å²) in [7, 11) is 0. The number of Topliss-reactive ketones (excluding diaryl/α,β-unsaturated/α-hetero) is 2. The van der Waals surface area contributed by atoms with E-state index in [1.807, 2.05) is 60.7 Å². The Balaban J connectivity index is 0.00000245. The standard InChI is InChI=1S/C27H24O4.H2/c1-17-19(5-4-8-23(17)21-7-3-6-20(13-21)18(2)28)14-26(29)27(11-12-27)22-9-10-24-25(15-22)31-16-30-24;/h3-10,13,15H,11-12,14,16H2,1-2H3;1H. The lowest BCUT2D eigenvalue weighted by Crippen LogP contribution is -2.23. The van der Waals surface area contributed by atoms with Gasteiger partial charge in [-0.15, -0.1) is 0 Å². The topological polar surface area (TPSA) is 52.6 Å². The van der Waals surface area contributed by atoms with Crippen molar-refractivity contribution in [2.24, 2.45) is 0 Å². The van der Waals surface area contributed by atoms with E-state index in [-0.39, 0.29) is 19.8 Å². The van der Waals surface area contributed by atoms with Gasteiger partial charge in [-0.25, -0.2) is 0 Å². The quantitative estimate of drug-likeness (QED) is 0.487. The number of rotatable bonds is 6. The molecule has 1 heterocycles. The van der Waals surface area contributed by atoms with Crippen molar-refractivity contribution in [3.8, 4) is 22.6 Å². The van der Waals surface area contributed by atoms with Crippen LogP contribution in [-0.4, -0.2) is 18.4 Å². The lowest BCUT2D eigenvalue weighted by Gasteiger charge is -2.17. The number of hydrogen-bond donors (Lipinski definition) is 0. The van der Waals surface area contributed by atoms with Crippen molar-refractivity contribution < 1.29 is 20.5 Å². The summed E-state index contributed by atoms with van der Waals surface area (Å²) in [4.78, 5) is 25.2. The fourth-order valence-corrected chi connectivity index (χ4v) is 4.48. The molecule has 0 amide bonds. The van der Waals surface area contributed by atoms with E-state index in [9.17, 15) is 9.59 Å². The molecule has 31 heavy (non-hydrogen) atoms. The molecule has 2 aliphatic rings. The van der Waals surface area contributed by atoms with E-state index in [1.54, 1.807) is 6.92 Å². The third-order valence-corrected chi connectivity index (χ3v) is 6.59. The van der Waals surface area contributed by atoms with E-state index < -0.39 is 5.41 Å². The van der Waals surface area contributed by atoms with Crippen LogP contribution in [0.3, 0.4) is 0 Å². The van der Waals surface area contributed by atoms with Gasteiger partial charge in [-0.05, 0) is 72.7 Å². The van der Waals surface area contributed by atoms with E-state index >= 15 is 0 Å².